The Labute approximate surface area is 166 Å². The summed E-state index contributed by atoms with van der Waals surface area (Å²) in [7, 11) is 0. The Morgan fingerprint density at radius 1 is 1.04 bits per heavy atom. The van der Waals surface area contributed by atoms with E-state index in [4.69, 9.17) is 11.6 Å². The highest BCUT2D eigenvalue weighted by Gasteiger charge is 2.16. The van der Waals surface area contributed by atoms with Crippen LogP contribution in [0.3, 0.4) is 0 Å². The lowest BCUT2D eigenvalue weighted by Gasteiger charge is -2.04. The summed E-state index contributed by atoms with van der Waals surface area (Å²) in [5, 5.41) is 7.62. The Bertz CT molecular complexity index is 1110. The molecular weight excluding hydrogens is 376 g/mol. The van der Waals surface area contributed by atoms with Crippen LogP contribution < -0.4 is 5.32 Å². The van der Waals surface area contributed by atoms with Gasteiger partial charge in [-0.25, -0.2) is 14.6 Å². The van der Waals surface area contributed by atoms with Crippen molar-refractivity contribution in [2.45, 2.75) is 6.92 Å². The van der Waals surface area contributed by atoms with E-state index in [1.807, 2.05) is 36.4 Å². The Hall–Kier alpha value is -3.58. The second kappa shape index (κ2) is 7.58. The fourth-order valence-electron chi connectivity index (χ4n) is 2.64. The molecule has 7 nitrogen and oxygen atoms in total. The number of aryl methyl sites for hydroxylation is 1. The maximum absolute atomic E-state index is 12.5. The van der Waals surface area contributed by atoms with E-state index in [1.165, 1.54) is 0 Å². The minimum Gasteiger partial charge on any atom is -0.304 e. The minimum atomic E-state index is -0.436. The molecule has 8 heteroatoms. The molecule has 0 fully saturated rings. The van der Waals surface area contributed by atoms with E-state index >= 15 is 0 Å². The summed E-state index contributed by atoms with van der Waals surface area (Å²) in [6.45, 7) is 1.78. The quantitative estimate of drug-likeness (QED) is 0.570. The number of nitrogens with zero attached hydrogens (tertiary/aromatic N) is 5. The summed E-state index contributed by atoms with van der Waals surface area (Å²) in [6.07, 6.45) is 3.37. The standard InChI is InChI=1S/C20H15ClN6O/c1-13-24-19(26-27(13)16-8-6-15(21)7-9-16)20(28)25-18-10-5-14(12-23-18)17-4-2-3-11-22-17/h2-12H,1H3,(H,23,25,28). The highest BCUT2D eigenvalue weighted by molar-refractivity contribution is 6.30. The van der Waals surface area contributed by atoms with Gasteiger partial charge in [-0.3, -0.25) is 9.78 Å². The topological polar surface area (TPSA) is 85.6 Å². The van der Waals surface area contributed by atoms with E-state index in [2.05, 4.69) is 25.4 Å². The summed E-state index contributed by atoms with van der Waals surface area (Å²) in [4.78, 5) is 25.3. The fraction of sp³-hybridized carbons (Fsp3) is 0.0500. The first-order valence-corrected chi connectivity index (χ1v) is 8.86. The van der Waals surface area contributed by atoms with Gasteiger partial charge in [0.15, 0.2) is 0 Å². The van der Waals surface area contributed by atoms with E-state index < -0.39 is 5.91 Å². The van der Waals surface area contributed by atoms with Crippen molar-refractivity contribution in [3.05, 3.63) is 83.7 Å². The van der Waals surface area contributed by atoms with Crippen LogP contribution in [0.25, 0.3) is 16.9 Å². The predicted molar refractivity (Wildman–Crippen MR) is 107 cm³/mol. The smallest absolute Gasteiger partial charge is 0.296 e. The largest absolute Gasteiger partial charge is 0.304 e. The molecule has 4 rings (SSSR count). The van der Waals surface area contributed by atoms with Crippen molar-refractivity contribution < 1.29 is 4.79 Å². The van der Waals surface area contributed by atoms with Crippen LogP contribution >= 0.6 is 11.6 Å². The molecule has 1 aromatic carbocycles. The van der Waals surface area contributed by atoms with Crippen molar-refractivity contribution in [3.8, 4) is 16.9 Å². The SMILES string of the molecule is Cc1nc(C(=O)Nc2ccc(-c3ccccn3)cn2)nn1-c1ccc(Cl)cc1. The van der Waals surface area contributed by atoms with E-state index in [0.717, 1.165) is 16.9 Å². The van der Waals surface area contributed by atoms with Gasteiger partial charge in [0.05, 0.1) is 11.4 Å². The van der Waals surface area contributed by atoms with Gasteiger partial charge in [0.1, 0.15) is 11.6 Å². The maximum Gasteiger partial charge on any atom is 0.296 e. The third kappa shape index (κ3) is 3.74. The van der Waals surface area contributed by atoms with Gasteiger partial charge in [0.2, 0.25) is 5.82 Å². The first kappa shape index (κ1) is 17.8. The second-order valence-electron chi connectivity index (χ2n) is 5.97. The molecule has 0 saturated heterocycles. The number of rotatable bonds is 4. The summed E-state index contributed by atoms with van der Waals surface area (Å²) in [5.41, 5.74) is 2.44. The number of benzene rings is 1. The van der Waals surface area contributed by atoms with Gasteiger partial charge in [-0.15, -0.1) is 5.10 Å². The molecule has 0 bridgehead atoms. The molecule has 0 atom stereocenters. The van der Waals surface area contributed by atoms with E-state index in [1.54, 1.807) is 42.2 Å². The normalized spacial score (nSPS) is 10.6. The molecule has 1 amide bonds. The molecule has 3 aromatic heterocycles. The number of halogens is 1. The van der Waals surface area contributed by atoms with Crippen molar-refractivity contribution >= 4 is 23.3 Å². The van der Waals surface area contributed by atoms with Crippen LogP contribution in [0.4, 0.5) is 5.82 Å². The molecule has 1 N–H and O–H groups in total. The number of amides is 1. The average molecular weight is 391 g/mol. The number of pyridine rings is 2. The van der Waals surface area contributed by atoms with Crippen molar-refractivity contribution in [3.63, 3.8) is 0 Å². The summed E-state index contributed by atoms with van der Waals surface area (Å²) >= 11 is 5.91. The number of carbonyl (C=O) groups is 1. The number of carbonyl (C=O) groups excluding carboxylic acids is 1. The third-order valence-corrected chi connectivity index (χ3v) is 4.26. The van der Waals surface area contributed by atoms with E-state index in [9.17, 15) is 4.79 Å². The van der Waals surface area contributed by atoms with Crippen molar-refractivity contribution in [1.82, 2.24) is 24.7 Å². The number of hydrogen-bond donors (Lipinski definition) is 1. The molecule has 3 heterocycles. The van der Waals surface area contributed by atoms with Crippen molar-refractivity contribution in [2.75, 3.05) is 5.32 Å². The Morgan fingerprint density at radius 3 is 2.54 bits per heavy atom. The van der Waals surface area contributed by atoms with Crippen LogP contribution in [0.1, 0.15) is 16.4 Å². The van der Waals surface area contributed by atoms with Gasteiger partial charge in [0.25, 0.3) is 5.91 Å². The van der Waals surface area contributed by atoms with Gasteiger partial charge in [-0.1, -0.05) is 17.7 Å². The van der Waals surface area contributed by atoms with Crippen LogP contribution in [0, 0.1) is 6.92 Å². The molecule has 138 valence electrons. The lowest BCUT2D eigenvalue weighted by molar-refractivity contribution is 0.101. The Kier molecular flexibility index (Phi) is 4.82. The van der Waals surface area contributed by atoms with Crippen LogP contribution in [0.15, 0.2) is 67.0 Å². The Balaban J connectivity index is 1.51. The molecule has 4 aromatic rings. The molecule has 0 saturated carbocycles. The van der Waals surface area contributed by atoms with Crippen LogP contribution in [-0.2, 0) is 0 Å². The van der Waals surface area contributed by atoms with E-state index in [0.29, 0.717) is 16.7 Å². The fourth-order valence-corrected chi connectivity index (χ4v) is 2.76. The lowest BCUT2D eigenvalue weighted by atomic mass is 10.2. The number of anilines is 1. The van der Waals surface area contributed by atoms with Crippen LogP contribution in [-0.4, -0.2) is 30.6 Å². The molecule has 0 aliphatic heterocycles. The second-order valence-corrected chi connectivity index (χ2v) is 6.41. The summed E-state index contributed by atoms with van der Waals surface area (Å²) in [6, 6.07) is 16.3. The zero-order valence-electron chi connectivity index (χ0n) is 14.9. The first-order valence-electron chi connectivity index (χ1n) is 8.48. The lowest BCUT2D eigenvalue weighted by Crippen LogP contribution is -2.15. The first-order chi connectivity index (χ1) is 13.6. The molecule has 0 aliphatic rings. The maximum atomic E-state index is 12.5. The minimum absolute atomic E-state index is 0.0584. The van der Waals surface area contributed by atoms with Crippen LogP contribution in [0.2, 0.25) is 5.02 Å². The van der Waals surface area contributed by atoms with Gasteiger partial charge in [0, 0.05) is 23.0 Å². The predicted octanol–water partition coefficient (Wildman–Crippen LogP) is 3.94. The highest BCUT2D eigenvalue weighted by atomic mass is 35.5. The number of nitrogens with one attached hydrogen (secondary N) is 1. The molecule has 0 unspecified atom stereocenters. The monoisotopic (exact) mass is 390 g/mol. The number of aromatic nitrogens is 5. The zero-order chi connectivity index (χ0) is 19.5. The van der Waals surface area contributed by atoms with Gasteiger partial charge < -0.3 is 5.32 Å². The Morgan fingerprint density at radius 2 is 1.86 bits per heavy atom. The van der Waals surface area contributed by atoms with E-state index in [-0.39, 0.29) is 5.82 Å². The molecule has 0 aliphatic carbocycles. The molecule has 0 spiro atoms. The average Bonchev–Trinajstić information content (AvgIpc) is 3.12. The van der Waals surface area contributed by atoms with Gasteiger partial charge >= 0.3 is 0 Å². The third-order valence-electron chi connectivity index (χ3n) is 4.01. The number of hydrogen-bond acceptors (Lipinski definition) is 5. The van der Waals surface area contributed by atoms with Crippen LogP contribution in [0.5, 0.6) is 0 Å². The van der Waals surface area contributed by atoms with Crippen molar-refractivity contribution in [2.24, 2.45) is 0 Å². The highest BCUT2D eigenvalue weighted by Crippen LogP contribution is 2.17. The molecule has 28 heavy (non-hydrogen) atoms. The summed E-state index contributed by atoms with van der Waals surface area (Å²) < 4.78 is 1.59. The molecular formula is C20H15ClN6O. The summed E-state index contributed by atoms with van der Waals surface area (Å²) in [5.74, 6) is 0.619. The zero-order valence-corrected chi connectivity index (χ0v) is 15.6. The van der Waals surface area contributed by atoms with Crippen molar-refractivity contribution in [1.29, 1.82) is 0 Å². The molecule has 0 radical (unpaired) electrons. The van der Waals surface area contributed by atoms with Gasteiger partial charge in [-0.2, -0.15) is 0 Å². The van der Waals surface area contributed by atoms with Gasteiger partial charge in [-0.05, 0) is 55.5 Å².